The second-order valence-corrected chi connectivity index (χ2v) is 5.78. The second kappa shape index (κ2) is 7.91. The van der Waals surface area contributed by atoms with E-state index in [1.807, 2.05) is 0 Å². The minimum Gasteiger partial charge on any atom is -0.451 e. The monoisotopic (exact) mass is 309 g/mol. The third-order valence-corrected chi connectivity index (χ3v) is 3.88. The lowest BCUT2D eigenvalue weighted by Crippen LogP contribution is -2.31. The minimum atomic E-state index is -0.621. The molecule has 7 heteroatoms. The highest BCUT2D eigenvalue weighted by Crippen LogP contribution is 2.28. The molecule has 1 N–H and O–H groups in total. The molecule has 1 atom stereocenters. The van der Waals surface area contributed by atoms with E-state index in [1.54, 1.807) is 13.8 Å². The number of esters is 1. The average molecular weight is 309 g/mol. The third-order valence-electron chi connectivity index (χ3n) is 3.88. The molecule has 1 aliphatic rings. The zero-order valence-corrected chi connectivity index (χ0v) is 13.1. The SMILES string of the molecule is Cc1noc(C(C)OC(=O)CNC(=O)CCC2CCCC2)n1. The van der Waals surface area contributed by atoms with Crippen LogP contribution in [0.3, 0.4) is 0 Å². The van der Waals surface area contributed by atoms with Gasteiger partial charge in [0.05, 0.1) is 0 Å². The molecule has 1 fully saturated rings. The number of aryl methyl sites for hydroxylation is 1. The van der Waals surface area contributed by atoms with Gasteiger partial charge in [0.25, 0.3) is 5.89 Å². The number of rotatable bonds is 7. The summed E-state index contributed by atoms with van der Waals surface area (Å²) >= 11 is 0. The van der Waals surface area contributed by atoms with Crippen LogP contribution in [0.1, 0.15) is 63.3 Å². The molecule has 1 heterocycles. The van der Waals surface area contributed by atoms with Gasteiger partial charge in [0.15, 0.2) is 11.9 Å². The van der Waals surface area contributed by atoms with Gasteiger partial charge in [-0.1, -0.05) is 30.8 Å². The van der Waals surface area contributed by atoms with Crippen LogP contribution in [0.2, 0.25) is 0 Å². The standard InChI is InChI=1S/C15H23N3O4/c1-10(15-17-11(2)18-22-15)21-14(20)9-16-13(19)8-7-12-5-3-4-6-12/h10,12H,3-9H2,1-2H3,(H,16,19). The third kappa shape index (κ3) is 5.13. The van der Waals surface area contributed by atoms with Crippen molar-refractivity contribution in [2.24, 2.45) is 5.92 Å². The van der Waals surface area contributed by atoms with E-state index in [9.17, 15) is 9.59 Å². The summed E-state index contributed by atoms with van der Waals surface area (Å²) in [5.74, 6) is 0.776. The largest absolute Gasteiger partial charge is 0.451 e. The summed E-state index contributed by atoms with van der Waals surface area (Å²) in [5.41, 5.74) is 0. The first-order valence-electron chi connectivity index (χ1n) is 7.81. The first kappa shape index (κ1) is 16.5. The summed E-state index contributed by atoms with van der Waals surface area (Å²) in [5, 5.41) is 6.22. The zero-order chi connectivity index (χ0) is 15.9. The van der Waals surface area contributed by atoms with Crippen LogP contribution >= 0.6 is 0 Å². The molecule has 1 aliphatic carbocycles. The predicted octanol–water partition coefficient (Wildman–Crippen LogP) is 2.07. The number of hydrogen-bond donors (Lipinski definition) is 1. The summed E-state index contributed by atoms with van der Waals surface area (Å²) < 4.78 is 10.1. The molecule has 0 spiro atoms. The Morgan fingerprint density at radius 2 is 2.14 bits per heavy atom. The Kier molecular flexibility index (Phi) is 5.91. The highest BCUT2D eigenvalue weighted by Gasteiger charge is 2.19. The minimum absolute atomic E-state index is 0.106. The molecule has 0 aliphatic heterocycles. The van der Waals surface area contributed by atoms with Crippen molar-refractivity contribution in [1.82, 2.24) is 15.5 Å². The van der Waals surface area contributed by atoms with Crippen molar-refractivity contribution in [3.63, 3.8) is 0 Å². The summed E-state index contributed by atoms with van der Waals surface area (Å²) in [4.78, 5) is 27.4. The molecular weight excluding hydrogens is 286 g/mol. The first-order valence-corrected chi connectivity index (χ1v) is 7.81. The number of nitrogens with one attached hydrogen (secondary N) is 1. The number of amides is 1. The lowest BCUT2D eigenvalue weighted by Gasteiger charge is -2.11. The van der Waals surface area contributed by atoms with Crippen molar-refractivity contribution in [2.45, 2.75) is 58.5 Å². The fraction of sp³-hybridized carbons (Fsp3) is 0.733. The molecule has 122 valence electrons. The Morgan fingerprint density at radius 1 is 1.41 bits per heavy atom. The van der Waals surface area contributed by atoms with Crippen LogP contribution in [0.15, 0.2) is 4.52 Å². The number of nitrogens with zero attached hydrogens (tertiary/aromatic N) is 2. The first-order chi connectivity index (χ1) is 10.5. The van der Waals surface area contributed by atoms with Gasteiger partial charge in [0.1, 0.15) is 6.54 Å². The Balaban J connectivity index is 1.63. The van der Waals surface area contributed by atoms with Crippen LogP contribution in [-0.4, -0.2) is 28.6 Å². The lowest BCUT2D eigenvalue weighted by molar-refractivity contribution is -0.149. The van der Waals surface area contributed by atoms with E-state index in [-0.39, 0.29) is 18.3 Å². The summed E-state index contributed by atoms with van der Waals surface area (Å²) in [7, 11) is 0. The number of carbonyl (C=O) groups excluding carboxylic acids is 2. The normalized spacial score (nSPS) is 16.5. The molecule has 1 saturated carbocycles. The van der Waals surface area contributed by atoms with Crippen molar-refractivity contribution in [3.8, 4) is 0 Å². The molecule has 1 unspecified atom stereocenters. The maximum atomic E-state index is 11.7. The van der Waals surface area contributed by atoms with Gasteiger partial charge in [0, 0.05) is 6.42 Å². The maximum Gasteiger partial charge on any atom is 0.326 e. The van der Waals surface area contributed by atoms with Crippen LogP contribution in [0, 0.1) is 12.8 Å². The van der Waals surface area contributed by atoms with Gasteiger partial charge in [-0.05, 0) is 26.2 Å². The summed E-state index contributed by atoms with van der Waals surface area (Å²) in [6.45, 7) is 3.19. The lowest BCUT2D eigenvalue weighted by atomic mass is 10.0. The van der Waals surface area contributed by atoms with E-state index in [2.05, 4.69) is 15.5 Å². The fourth-order valence-corrected chi connectivity index (χ4v) is 2.66. The molecular formula is C15H23N3O4. The number of carbonyl (C=O) groups is 2. The Hall–Kier alpha value is -1.92. The van der Waals surface area contributed by atoms with Crippen molar-refractivity contribution < 1.29 is 18.8 Å². The van der Waals surface area contributed by atoms with Crippen LogP contribution in [0.4, 0.5) is 0 Å². The zero-order valence-electron chi connectivity index (χ0n) is 13.1. The molecule has 2 rings (SSSR count). The molecule has 0 aromatic carbocycles. The van der Waals surface area contributed by atoms with Crippen molar-refractivity contribution in [3.05, 3.63) is 11.7 Å². The molecule has 1 amide bonds. The molecule has 0 bridgehead atoms. The Morgan fingerprint density at radius 3 is 2.77 bits per heavy atom. The van der Waals surface area contributed by atoms with Crippen LogP contribution in [0.5, 0.6) is 0 Å². The van der Waals surface area contributed by atoms with Crippen LogP contribution in [0.25, 0.3) is 0 Å². The molecule has 7 nitrogen and oxygen atoms in total. The highest BCUT2D eigenvalue weighted by molar-refractivity contribution is 5.81. The average Bonchev–Trinajstić information content (AvgIpc) is 3.14. The van der Waals surface area contributed by atoms with Gasteiger partial charge in [-0.25, -0.2) is 0 Å². The Labute approximate surface area is 129 Å². The van der Waals surface area contributed by atoms with E-state index in [4.69, 9.17) is 9.26 Å². The summed E-state index contributed by atoms with van der Waals surface area (Å²) in [6, 6.07) is 0. The van der Waals surface area contributed by atoms with Gasteiger partial charge < -0.3 is 14.6 Å². The van der Waals surface area contributed by atoms with E-state index >= 15 is 0 Å². The molecule has 1 aromatic heterocycles. The number of aromatic nitrogens is 2. The molecule has 0 radical (unpaired) electrons. The van der Waals surface area contributed by atoms with Crippen molar-refractivity contribution in [2.75, 3.05) is 6.54 Å². The van der Waals surface area contributed by atoms with Crippen molar-refractivity contribution >= 4 is 11.9 Å². The Bertz CT molecular complexity index is 509. The fourth-order valence-electron chi connectivity index (χ4n) is 2.66. The topological polar surface area (TPSA) is 94.3 Å². The van der Waals surface area contributed by atoms with E-state index in [1.165, 1.54) is 25.7 Å². The molecule has 0 saturated heterocycles. The highest BCUT2D eigenvalue weighted by atomic mass is 16.6. The predicted molar refractivity (Wildman–Crippen MR) is 77.7 cm³/mol. The van der Waals surface area contributed by atoms with Crippen LogP contribution < -0.4 is 5.32 Å². The van der Waals surface area contributed by atoms with E-state index in [0.717, 1.165) is 6.42 Å². The van der Waals surface area contributed by atoms with Crippen molar-refractivity contribution in [1.29, 1.82) is 0 Å². The van der Waals surface area contributed by atoms with Gasteiger partial charge in [0.2, 0.25) is 5.91 Å². The van der Waals surface area contributed by atoms with E-state index < -0.39 is 12.1 Å². The second-order valence-electron chi connectivity index (χ2n) is 5.78. The van der Waals surface area contributed by atoms with Gasteiger partial charge in [-0.2, -0.15) is 4.98 Å². The van der Waals surface area contributed by atoms with Gasteiger partial charge >= 0.3 is 5.97 Å². The van der Waals surface area contributed by atoms with Gasteiger partial charge in [-0.15, -0.1) is 0 Å². The number of ether oxygens (including phenoxy) is 1. The molecule has 1 aromatic rings. The summed E-state index contributed by atoms with van der Waals surface area (Å²) in [6.07, 6.45) is 5.73. The van der Waals surface area contributed by atoms with E-state index in [0.29, 0.717) is 18.2 Å². The number of hydrogen-bond acceptors (Lipinski definition) is 6. The smallest absolute Gasteiger partial charge is 0.326 e. The molecule has 22 heavy (non-hydrogen) atoms. The van der Waals surface area contributed by atoms with Crippen LogP contribution in [-0.2, 0) is 14.3 Å². The maximum absolute atomic E-state index is 11.7. The quantitative estimate of drug-likeness (QED) is 0.775. The van der Waals surface area contributed by atoms with Gasteiger partial charge in [-0.3, -0.25) is 9.59 Å².